The lowest BCUT2D eigenvalue weighted by atomic mass is 10.3. The molecule has 68 valence electrons. The molecule has 1 N–H and O–H groups in total. The van der Waals surface area contributed by atoms with Crippen LogP contribution in [0, 0.1) is 17.7 Å². The lowest BCUT2D eigenvalue weighted by molar-refractivity contribution is 0.617. The quantitative estimate of drug-likeness (QED) is 0.691. The highest BCUT2D eigenvalue weighted by Gasteiger charge is 1.99. The van der Waals surface area contributed by atoms with Crippen LogP contribution in [0.2, 0.25) is 5.02 Å². The fourth-order valence-electron chi connectivity index (χ4n) is 0.723. The van der Waals surface area contributed by atoms with Crippen molar-refractivity contribution >= 4 is 11.6 Å². The van der Waals surface area contributed by atoms with Gasteiger partial charge in [-0.25, -0.2) is 9.37 Å². The average Bonchev–Trinajstić information content (AvgIpc) is 2.09. The molecule has 0 atom stereocenters. The predicted octanol–water partition coefficient (Wildman–Crippen LogP) is 1.45. The number of halogens is 2. The summed E-state index contributed by atoms with van der Waals surface area (Å²) in [6.45, 7) is 0.504. The van der Waals surface area contributed by atoms with Gasteiger partial charge in [0.2, 0.25) is 0 Å². The van der Waals surface area contributed by atoms with Gasteiger partial charge in [0.1, 0.15) is 5.69 Å². The van der Waals surface area contributed by atoms with Crippen LogP contribution in [0.5, 0.6) is 0 Å². The van der Waals surface area contributed by atoms with Gasteiger partial charge in [0.15, 0.2) is 5.82 Å². The van der Waals surface area contributed by atoms with Crippen molar-refractivity contribution in [3.63, 3.8) is 0 Å². The van der Waals surface area contributed by atoms with Crippen LogP contribution in [-0.4, -0.2) is 18.6 Å². The summed E-state index contributed by atoms with van der Waals surface area (Å²) in [6, 6.07) is 1.19. The Hall–Kier alpha value is -1.11. The largest absolute Gasteiger partial charge is 0.309 e. The second-order valence-corrected chi connectivity index (χ2v) is 2.75. The second-order valence-electron chi connectivity index (χ2n) is 2.32. The fourth-order valence-corrected chi connectivity index (χ4v) is 0.867. The van der Waals surface area contributed by atoms with Gasteiger partial charge in [-0.1, -0.05) is 17.5 Å². The molecule has 0 bridgehead atoms. The lowest BCUT2D eigenvalue weighted by Gasteiger charge is -1.93. The highest BCUT2D eigenvalue weighted by molar-refractivity contribution is 6.30. The van der Waals surface area contributed by atoms with Crippen molar-refractivity contribution in [2.24, 2.45) is 0 Å². The number of nitrogens with one attached hydrogen (secondary N) is 1. The van der Waals surface area contributed by atoms with E-state index in [1.165, 1.54) is 12.3 Å². The van der Waals surface area contributed by atoms with Gasteiger partial charge in [0, 0.05) is 6.20 Å². The molecule has 0 amide bonds. The summed E-state index contributed by atoms with van der Waals surface area (Å²) in [7, 11) is 1.76. The normalized spacial score (nSPS) is 9.15. The number of hydrogen-bond acceptors (Lipinski definition) is 2. The third-order valence-corrected chi connectivity index (χ3v) is 1.49. The Morgan fingerprint density at radius 2 is 2.46 bits per heavy atom. The van der Waals surface area contributed by atoms with Gasteiger partial charge in [-0.05, 0) is 19.0 Å². The van der Waals surface area contributed by atoms with Crippen LogP contribution in [0.1, 0.15) is 5.69 Å². The standard InChI is InChI=1S/C9H8ClFN2/c1-12-4-2-3-9-8(11)5-7(10)6-13-9/h5-6,12H,4H2,1H3. The zero-order valence-corrected chi connectivity index (χ0v) is 7.82. The van der Waals surface area contributed by atoms with E-state index in [4.69, 9.17) is 11.6 Å². The number of pyridine rings is 1. The van der Waals surface area contributed by atoms with Crippen molar-refractivity contribution in [3.8, 4) is 11.8 Å². The Labute approximate surface area is 81.1 Å². The molecule has 2 nitrogen and oxygen atoms in total. The Morgan fingerprint density at radius 3 is 3.08 bits per heavy atom. The lowest BCUT2D eigenvalue weighted by Crippen LogP contribution is -2.04. The molecule has 0 fully saturated rings. The molecule has 0 aliphatic carbocycles. The van der Waals surface area contributed by atoms with Gasteiger partial charge in [-0.3, -0.25) is 0 Å². The van der Waals surface area contributed by atoms with Gasteiger partial charge in [-0.15, -0.1) is 0 Å². The molecule has 0 aliphatic heterocycles. The zero-order chi connectivity index (χ0) is 9.68. The molecule has 0 aliphatic rings. The van der Waals surface area contributed by atoms with Crippen LogP contribution in [0.4, 0.5) is 4.39 Å². The van der Waals surface area contributed by atoms with Gasteiger partial charge < -0.3 is 5.32 Å². The van der Waals surface area contributed by atoms with Crippen molar-refractivity contribution in [1.29, 1.82) is 0 Å². The molecule has 0 radical (unpaired) electrons. The monoisotopic (exact) mass is 198 g/mol. The first kappa shape index (κ1) is 9.97. The Morgan fingerprint density at radius 1 is 1.69 bits per heavy atom. The van der Waals surface area contributed by atoms with E-state index < -0.39 is 5.82 Å². The summed E-state index contributed by atoms with van der Waals surface area (Å²) in [4.78, 5) is 3.74. The third kappa shape index (κ3) is 3.02. The highest BCUT2D eigenvalue weighted by atomic mass is 35.5. The number of nitrogens with zero attached hydrogens (tertiary/aromatic N) is 1. The summed E-state index contributed by atoms with van der Waals surface area (Å²) < 4.78 is 13.0. The van der Waals surface area contributed by atoms with E-state index in [1.807, 2.05) is 0 Å². The number of aromatic nitrogens is 1. The maximum atomic E-state index is 13.0. The van der Waals surface area contributed by atoms with Crippen molar-refractivity contribution in [2.45, 2.75) is 0 Å². The first-order valence-electron chi connectivity index (χ1n) is 3.68. The summed E-state index contributed by atoms with van der Waals surface area (Å²) in [6.07, 6.45) is 1.37. The Kier molecular flexibility index (Phi) is 3.69. The van der Waals surface area contributed by atoms with Crippen molar-refractivity contribution in [3.05, 3.63) is 28.8 Å². The summed E-state index contributed by atoms with van der Waals surface area (Å²) in [5.74, 6) is 4.80. The smallest absolute Gasteiger partial charge is 0.158 e. The van der Waals surface area contributed by atoms with E-state index >= 15 is 0 Å². The SMILES string of the molecule is CNCC#Cc1ncc(Cl)cc1F. The zero-order valence-electron chi connectivity index (χ0n) is 7.06. The summed E-state index contributed by atoms with van der Waals surface area (Å²) in [5.41, 5.74) is 0.125. The molecule has 0 unspecified atom stereocenters. The molecular formula is C9H8ClFN2. The molecule has 1 heterocycles. The molecule has 0 aromatic carbocycles. The summed E-state index contributed by atoms with van der Waals surface area (Å²) in [5, 5.41) is 3.09. The van der Waals surface area contributed by atoms with E-state index in [0.29, 0.717) is 6.54 Å². The number of rotatable bonds is 1. The van der Waals surface area contributed by atoms with E-state index in [2.05, 4.69) is 22.1 Å². The first-order valence-corrected chi connectivity index (χ1v) is 4.06. The van der Waals surface area contributed by atoms with E-state index in [1.54, 1.807) is 7.05 Å². The molecular weight excluding hydrogens is 191 g/mol. The third-order valence-electron chi connectivity index (χ3n) is 1.28. The predicted molar refractivity (Wildman–Crippen MR) is 50.0 cm³/mol. The minimum Gasteiger partial charge on any atom is -0.309 e. The molecule has 1 aromatic heterocycles. The Bertz CT molecular complexity index is 354. The molecule has 0 saturated heterocycles. The van der Waals surface area contributed by atoms with Gasteiger partial charge in [-0.2, -0.15) is 0 Å². The van der Waals surface area contributed by atoms with Crippen LogP contribution in [-0.2, 0) is 0 Å². The summed E-state index contributed by atoms with van der Waals surface area (Å²) >= 11 is 5.52. The average molecular weight is 199 g/mol. The first-order chi connectivity index (χ1) is 6.24. The molecule has 13 heavy (non-hydrogen) atoms. The second kappa shape index (κ2) is 4.80. The maximum absolute atomic E-state index is 13.0. The van der Waals surface area contributed by atoms with Crippen molar-refractivity contribution in [2.75, 3.05) is 13.6 Å². The van der Waals surface area contributed by atoms with Crippen LogP contribution in [0.15, 0.2) is 12.3 Å². The maximum Gasteiger partial charge on any atom is 0.158 e. The topological polar surface area (TPSA) is 24.9 Å². The fraction of sp³-hybridized carbons (Fsp3) is 0.222. The Balaban J connectivity index is 2.85. The van der Waals surface area contributed by atoms with Crippen molar-refractivity contribution in [1.82, 2.24) is 10.3 Å². The van der Waals surface area contributed by atoms with Gasteiger partial charge in [0.25, 0.3) is 0 Å². The minimum atomic E-state index is -0.490. The van der Waals surface area contributed by atoms with Crippen LogP contribution in [0.3, 0.4) is 0 Å². The van der Waals surface area contributed by atoms with Crippen LogP contribution in [0.25, 0.3) is 0 Å². The molecule has 0 saturated carbocycles. The molecule has 4 heteroatoms. The highest BCUT2D eigenvalue weighted by Crippen LogP contribution is 2.10. The van der Waals surface area contributed by atoms with Gasteiger partial charge in [0.05, 0.1) is 11.6 Å². The van der Waals surface area contributed by atoms with E-state index in [9.17, 15) is 4.39 Å². The minimum absolute atomic E-state index is 0.125. The number of hydrogen-bond donors (Lipinski definition) is 1. The van der Waals surface area contributed by atoms with Crippen molar-refractivity contribution < 1.29 is 4.39 Å². The molecule has 1 rings (SSSR count). The molecule has 1 aromatic rings. The van der Waals surface area contributed by atoms with E-state index in [0.717, 1.165) is 0 Å². The van der Waals surface area contributed by atoms with Crippen LogP contribution >= 0.6 is 11.6 Å². The van der Waals surface area contributed by atoms with Crippen LogP contribution < -0.4 is 5.32 Å². The molecule has 0 spiro atoms. The van der Waals surface area contributed by atoms with E-state index in [-0.39, 0.29) is 10.7 Å². The van der Waals surface area contributed by atoms with Gasteiger partial charge >= 0.3 is 0 Å².